The number of furan rings is 1. The highest BCUT2D eigenvalue weighted by atomic mass is 32.1. The Morgan fingerprint density at radius 3 is 2.41 bits per heavy atom. The van der Waals surface area contributed by atoms with Crippen molar-refractivity contribution in [2.45, 2.75) is 13.1 Å². The van der Waals surface area contributed by atoms with Crippen molar-refractivity contribution in [3.8, 4) is 17.2 Å². The van der Waals surface area contributed by atoms with Crippen LogP contribution in [0.5, 0.6) is 17.2 Å². The van der Waals surface area contributed by atoms with Crippen LogP contribution in [0.2, 0.25) is 0 Å². The molecule has 29 heavy (non-hydrogen) atoms. The Hall–Kier alpha value is -3.19. The number of nitrogens with zero attached hydrogens (tertiary/aromatic N) is 1. The number of ether oxygens (including phenoxy) is 3. The van der Waals surface area contributed by atoms with E-state index in [1.807, 2.05) is 59.5 Å². The summed E-state index contributed by atoms with van der Waals surface area (Å²) in [5.74, 6) is 3.08. The lowest BCUT2D eigenvalue weighted by Gasteiger charge is -2.26. The lowest BCUT2D eigenvalue weighted by molar-refractivity contribution is 0.346. The van der Waals surface area contributed by atoms with Crippen molar-refractivity contribution in [1.82, 2.24) is 4.90 Å². The van der Waals surface area contributed by atoms with E-state index in [0.29, 0.717) is 18.2 Å². The SMILES string of the molecule is COc1cccc(NC(=S)N(Cc2ccco2)Cc2cc(OC)ccc2OC)c1. The average Bonchev–Trinajstić information content (AvgIpc) is 3.26. The smallest absolute Gasteiger partial charge is 0.174 e. The molecule has 7 heteroatoms. The quantitative estimate of drug-likeness (QED) is 0.538. The molecule has 0 radical (unpaired) electrons. The number of methoxy groups -OCH3 is 3. The van der Waals surface area contributed by atoms with Crippen LogP contribution in [-0.2, 0) is 13.1 Å². The van der Waals surface area contributed by atoms with E-state index in [2.05, 4.69) is 5.32 Å². The van der Waals surface area contributed by atoms with E-state index < -0.39 is 0 Å². The normalized spacial score (nSPS) is 10.3. The number of hydrogen-bond donors (Lipinski definition) is 1. The van der Waals surface area contributed by atoms with Crippen LogP contribution < -0.4 is 19.5 Å². The molecule has 3 aromatic rings. The molecule has 2 aromatic carbocycles. The van der Waals surface area contributed by atoms with Gasteiger partial charge in [0.25, 0.3) is 0 Å². The highest BCUT2D eigenvalue weighted by Crippen LogP contribution is 2.26. The second-order valence-corrected chi connectivity index (χ2v) is 6.66. The van der Waals surface area contributed by atoms with Crippen LogP contribution in [0.25, 0.3) is 0 Å². The maximum Gasteiger partial charge on any atom is 0.174 e. The molecule has 1 N–H and O–H groups in total. The molecule has 0 aliphatic carbocycles. The van der Waals surface area contributed by atoms with Gasteiger partial charge in [-0.1, -0.05) is 6.07 Å². The summed E-state index contributed by atoms with van der Waals surface area (Å²) in [6.07, 6.45) is 1.65. The van der Waals surface area contributed by atoms with Gasteiger partial charge in [0.1, 0.15) is 23.0 Å². The Bertz CT molecular complexity index is 944. The van der Waals surface area contributed by atoms with E-state index in [-0.39, 0.29) is 0 Å². The maximum absolute atomic E-state index is 5.71. The van der Waals surface area contributed by atoms with Gasteiger partial charge >= 0.3 is 0 Å². The molecule has 1 heterocycles. The third-order valence-electron chi connectivity index (χ3n) is 4.38. The van der Waals surface area contributed by atoms with Crippen molar-refractivity contribution in [3.05, 3.63) is 72.2 Å². The summed E-state index contributed by atoms with van der Waals surface area (Å²) >= 11 is 5.71. The highest BCUT2D eigenvalue weighted by molar-refractivity contribution is 7.80. The van der Waals surface area contributed by atoms with E-state index in [1.54, 1.807) is 27.6 Å². The molecule has 6 nitrogen and oxygen atoms in total. The summed E-state index contributed by atoms with van der Waals surface area (Å²) in [5.41, 5.74) is 1.80. The third-order valence-corrected chi connectivity index (χ3v) is 4.74. The standard InChI is InChI=1S/C22H24N2O4S/c1-25-18-7-4-6-17(13-18)23-22(29)24(15-20-8-5-11-28-20)14-16-12-19(26-2)9-10-21(16)27-3/h4-13H,14-15H2,1-3H3,(H,23,29). The zero-order valence-electron chi connectivity index (χ0n) is 16.7. The van der Waals surface area contributed by atoms with Gasteiger partial charge in [-0.2, -0.15) is 0 Å². The van der Waals surface area contributed by atoms with Crippen LogP contribution in [0.4, 0.5) is 5.69 Å². The first kappa shape index (κ1) is 20.5. The van der Waals surface area contributed by atoms with Gasteiger partial charge in [-0.15, -0.1) is 0 Å². The van der Waals surface area contributed by atoms with Gasteiger partial charge in [0.05, 0.1) is 34.1 Å². The van der Waals surface area contributed by atoms with Gasteiger partial charge < -0.3 is 28.8 Å². The molecule has 0 atom stereocenters. The van der Waals surface area contributed by atoms with Crippen molar-refractivity contribution < 1.29 is 18.6 Å². The Kier molecular flexibility index (Phi) is 6.97. The molecule has 1 aromatic heterocycles. The number of rotatable bonds is 8. The minimum Gasteiger partial charge on any atom is -0.497 e. The molecule has 0 saturated heterocycles. The van der Waals surface area contributed by atoms with Crippen LogP contribution in [-0.4, -0.2) is 31.3 Å². The Morgan fingerprint density at radius 2 is 1.72 bits per heavy atom. The zero-order valence-corrected chi connectivity index (χ0v) is 17.5. The molecule has 3 rings (SSSR count). The minimum absolute atomic E-state index is 0.503. The Balaban J connectivity index is 1.85. The summed E-state index contributed by atoms with van der Waals surface area (Å²) < 4.78 is 21.7. The third kappa shape index (κ3) is 5.42. The largest absolute Gasteiger partial charge is 0.497 e. The highest BCUT2D eigenvalue weighted by Gasteiger charge is 2.16. The summed E-state index contributed by atoms with van der Waals surface area (Å²) in [5, 5.41) is 3.83. The van der Waals surface area contributed by atoms with Gasteiger partial charge in [-0.3, -0.25) is 0 Å². The minimum atomic E-state index is 0.503. The van der Waals surface area contributed by atoms with E-state index >= 15 is 0 Å². The fraction of sp³-hybridized carbons (Fsp3) is 0.227. The second kappa shape index (κ2) is 9.84. The van der Waals surface area contributed by atoms with Crippen molar-refractivity contribution in [2.24, 2.45) is 0 Å². The predicted octanol–water partition coefficient (Wildman–Crippen LogP) is 4.70. The molecule has 0 aliphatic heterocycles. The molecular formula is C22H24N2O4S. The number of anilines is 1. The molecule has 152 valence electrons. The van der Waals surface area contributed by atoms with Crippen molar-refractivity contribution in [2.75, 3.05) is 26.6 Å². The molecule has 0 amide bonds. The van der Waals surface area contributed by atoms with Gasteiger partial charge in [0, 0.05) is 23.9 Å². The van der Waals surface area contributed by atoms with Crippen LogP contribution >= 0.6 is 12.2 Å². The van der Waals surface area contributed by atoms with E-state index in [0.717, 1.165) is 34.3 Å². The first-order chi connectivity index (χ1) is 14.1. The first-order valence-corrected chi connectivity index (χ1v) is 9.47. The van der Waals surface area contributed by atoms with Crippen LogP contribution in [0.3, 0.4) is 0 Å². The van der Waals surface area contributed by atoms with Crippen LogP contribution in [0.1, 0.15) is 11.3 Å². The monoisotopic (exact) mass is 412 g/mol. The maximum atomic E-state index is 5.71. The molecule has 0 aliphatic rings. The first-order valence-electron chi connectivity index (χ1n) is 9.06. The molecule has 0 spiro atoms. The lowest BCUT2D eigenvalue weighted by Crippen LogP contribution is -2.33. The van der Waals surface area contributed by atoms with Crippen molar-refractivity contribution >= 4 is 23.0 Å². The molecule has 0 unspecified atom stereocenters. The number of nitrogens with one attached hydrogen (secondary N) is 1. The van der Waals surface area contributed by atoms with Crippen molar-refractivity contribution in [1.29, 1.82) is 0 Å². The van der Waals surface area contributed by atoms with Gasteiger partial charge in [0.2, 0.25) is 0 Å². The molecule has 0 saturated carbocycles. The van der Waals surface area contributed by atoms with Gasteiger partial charge in [-0.05, 0) is 54.7 Å². The van der Waals surface area contributed by atoms with Gasteiger partial charge in [0.15, 0.2) is 5.11 Å². The number of hydrogen-bond acceptors (Lipinski definition) is 5. The summed E-state index contributed by atoms with van der Waals surface area (Å²) in [6, 6.07) is 17.1. The zero-order chi connectivity index (χ0) is 20.6. The van der Waals surface area contributed by atoms with Crippen molar-refractivity contribution in [3.63, 3.8) is 0 Å². The van der Waals surface area contributed by atoms with Gasteiger partial charge in [-0.25, -0.2) is 0 Å². The topological polar surface area (TPSA) is 56.1 Å². The van der Waals surface area contributed by atoms with E-state index in [1.165, 1.54) is 0 Å². The predicted molar refractivity (Wildman–Crippen MR) is 117 cm³/mol. The van der Waals surface area contributed by atoms with E-state index in [4.69, 9.17) is 30.8 Å². The number of benzene rings is 2. The van der Waals surface area contributed by atoms with Crippen LogP contribution in [0, 0.1) is 0 Å². The summed E-state index contributed by atoms with van der Waals surface area (Å²) in [4.78, 5) is 2.00. The molecule has 0 bridgehead atoms. The Morgan fingerprint density at radius 1 is 0.931 bits per heavy atom. The second-order valence-electron chi connectivity index (χ2n) is 6.28. The summed E-state index contributed by atoms with van der Waals surface area (Å²) in [6.45, 7) is 1.01. The fourth-order valence-electron chi connectivity index (χ4n) is 2.90. The Labute approximate surface area is 176 Å². The number of thiocarbonyl (C=S) groups is 1. The van der Waals surface area contributed by atoms with Crippen LogP contribution in [0.15, 0.2) is 65.3 Å². The molecule has 0 fully saturated rings. The lowest BCUT2D eigenvalue weighted by atomic mass is 10.1. The van der Waals surface area contributed by atoms with E-state index in [9.17, 15) is 0 Å². The fourth-order valence-corrected chi connectivity index (χ4v) is 3.15. The summed E-state index contributed by atoms with van der Waals surface area (Å²) in [7, 11) is 4.92. The molecular weight excluding hydrogens is 388 g/mol. The average molecular weight is 413 g/mol.